The van der Waals surface area contributed by atoms with Gasteiger partial charge in [0.25, 0.3) is 0 Å². The summed E-state index contributed by atoms with van der Waals surface area (Å²) >= 11 is 0. The van der Waals surface area contributed by atoms with Crippen molar-refractivity contribution in [2.24, 2.45) is 5.73 Å². The fourth-order valence-electron chi connectivity index (χ4n) is 4.89. The summed E-state index contributed by atoms with van der Waals surface area (Å²) < 4.78 is 10.9. The van der Waals surface area contributed by atoms with E-state index in [-0.39, 0.29) is 11.5 Å². The van der Waals surface area contributed by atoms with Crippen LogP contribution < -0.4 is 15.2 Å². The van der Waals surface area contributed by atoms with Crippen LogP contribution in [0.2, 0.25) is 0 Å². The molecule has 1 aliphatic carbocycles. The van der Waals surface area contributed by atoms with Crippen molar-refractivity contribution in [2.45, 2.75) is 36.9 Å². The lowest BCUT2D eigenvalue weighted by Gasteiger charge is -2.42. The molecule has 136 valence electrons. The number of likely N-dealkylation sites (tertiary alicyclic amines) is 1. The number of piperidine rings is 1. The number of nitrogens with zero attached hydrogens (tertiary/aromatic N) is 1. The molecule has 1 spiro atoms. The van der Waals surface area contributed by atoms with Crippen molar-refractivity contribution < 1.29 is 14.6 Å². The van der Waals surface area contributed by atoms with Crippen LogP contribution in [-0.2, 0) is 12.0 Å². The molecule has 0 unspecified atom stereocenters. The molecule has 2 heterocycles. The van der Waals surface area contributed by atoms with Gasteiger partial charge in [-0.05, 0) is 54.8 Å². The van der Waals surface area contributed by atoms with Gasteiger partial charge in [-0.3, -0.25) is 4.90 Å². The average molecular weight is 352 g/mol. The maximum atomic E-state index is 10.9. The van der Waals surface area contributed by atoms with E-state index in [4.69, 9.17) is 15.2 Å². The van der Waals surface area contributed by atoms with E-state index in [9.17, 15) is 5.11 Å². The molecule has 2 atom stereocenters. The molecule has 0 aromatic heterocycles. The Bertz CT molecular complexity index is 830. The van der Waals surface area contributed by atoms with E-state index in [1.54, 1.807) is 0 Å². The van der Waals surface area contributed by atoms with Crippen LogP contribution in [0.25, 0.3) is 0 Å². The maximum absolute atomic E-state index is 10.9. The van der Waals surface area contributed by atoms with Gasteiger partial charge < -0.3 is 20.3 Å². The van der Waals surface area contributed by atoms with E-state index >= 15 is 0 Å². The van der Waals surface area contributed by atoms with Gasteiger partial charge in [0.05, 0.1) is 12.1 Å². The van der Waals surface area contributed by atoms with Gasteiger partial charge in [0.1, 0.15) is 0 Å². The highest BCUT2D eigenvalue weighted by Crippen LogP contribution is 2.50. The largest absolute Gasteiger partial charge is 0.454 e. The molecule has 2 aromatic rings. The van der Waals surface area contributed by atoms with Crippen molar-refractivity contribution in [1.82, 2.24) is 4.90 Å². The SMILES string of the molecule is N[C@H]1c2ccccc2C2(CCN(Cc3ccc4c(c3)OCO4)CC2)[C@@H]1O. The van der Waals surface area contributed by atoms with E-state index < -0.39 is 6.10 Å². The number of aliphatic hydroxyl groups is 1. The molecule has 2 aliphatic heterocycles. The standard InChI is InChI=1S/C21H24N2O3/c22-19-15-3-1-2-4-16(15)21(20(19)24)7-9-23(10-8-21)12-14-5-6-17-18(11-14)26-13-25-17/h1-6,11,19-20,24H,7-10,12-13,22H2/t19-,20+/m0/s1. The van der Waals surface area contributed by atoms with Crippen molar-refractivity contribution in [2.75, 3.05) is 19.9 Å². The summed E-state index contributed by atoms with van der Waals surface area (Å²) in [6.07, 6.45) is 1.37. The van der Waals surface area contributed by atoms with Crippen LogP contribution in [0.5, 0.6) is 11.5 Å². The highest BCUT2D eigenvalue weighted by atomic mass is 16.7. The van der Waals surface area contributed by atoms with Crippen molar-refractivity contribution in [3.63, 3.8) is 0 Å². The Balaban J connectivity index is 1.32. The molecule has 1 fully saturated rings. The first-order valence-electron chi connectivity index (χ1n) is 9.31. The molecular weight excluding hydrogens is 328 g/mol. The third-order valence-electron chi connectivity index (χ3n) is 6.35. The fraction of sp³-hybridized carbons (Fsp3) is 0.429. The summed E-state index contributed by atoms with van der Waals surface area (Å²) in [6, 6.07) is 14.2. The lowest BCUT2D eigenvalue weighted by molar-refractivity contribution is 0.0271. The van der Waals surface area contributed by atoms with E-state index in [2.05, 4.69) is 35.2 Å². The molecular formula is C21H24N2O3. The lowest BCUT2D eigenvalue weighted by Crippen LogP contribution is -2.48. The minimum Gasteiger partial charge on any atom is -0.454 e. The predicted octanol–water partition coefficient (Wildman–Crippen LogP) is 2.32. The fourth-order valence-corrected chi connectivity index (χ4v) is 4.89. The van der Waals surface area contributed by atoms with E-state index in [1.807, 2.05) is 12.1 Å². The van der Waals surface area contributed by atoms with Crippen LogP contribution >= 0.6 is 0 Å². The number of hydrogen-bond acceptors (Lipinski definition) is 5. The smallest absolute Gasteiger partial charge is 0.231 e. The van der Waals surface area contributed by atoms with Crippen LogP contribution in [-0.4, -0.2) is 36.0 Å². The zero-order valence-electron chi connectivity index (χ0n) is 14.7. The number of rotatable bonds is 2. The van der Waals surface area contributed by atoms with Gasteiger partial charge >= 0.3 is 0 Å². The Morgan fingerprint density at radius 3 is 2.69 bits per heavy atom. The van der Waals surface area contributed by atoms with Gasteiger partial charge in [0, 0.05) is 12.0 Å². The Hall–Kier alpha value is -2.08. The highest BCUT2D eigenvalue weighted by molar-refractivity contribution is 5.46. The molecule has 0 radical (unpaired) electrons. The number of ether oxygens (including phenoxy) is 2. The summed E-state index contributed by atoms with van der Waals surface area (Å²) in [5.41, 5.74) is 9.72. The van der Waals surface area contributed by atoms with Crippen LogP contribution in [0.15, 0.2) is 42.5 Å². The third kappa shape index (κ3) is 2.35. The second kappa shape index (κ2) is 5.98. The summed E-state index contributed by atoms with van der Waals surface area (Å²) in [6.45, 7) is 3.10. The molecule has 3 aliphatic rings. The molecule has 5 nitrogen and oxygen atoms in total. The number of hydrogen-bond donors (Lipinski definition) is 2. The Kier molecular flexibility index (Phi) is 3.71. The highest BCUT2D eigenvalue weighted by Gasteiger charge is 2.51. The molecule has 0 bridgehead atoms. The first kappa shape index (κ1) is 16.1. The van der Waals surface area contributed by atoms with Gasteiger partial charge in [0.15, 0.2) is 11.5 Å². The number of fused-ring (bicyclic) bond motifs is 3. The topological polar surface area (TPSA) is 68.0 Å². The van der Waals surface area contributed by atoms with Gasteiger partial charge in [-0.25, -0.2) is 0 Å². The third-order valence-corrected chi connectivity index (χ3v) is 6.35. The maximum Gasteiger partial charge on any atom is 0.231 e. The molecule has 5 heteroatoms. The van der Waals surface area contributed by atoms with Crippen LogP contribution in [0, 0.1) is 0 Å². The second-order valence-electron chi connectivity index (χ2n) is 7.68. The van der Waals surface area contributed by atoms with Gasteiger partial charge in [-0.1, -0.05) is 30.3 Å². The quantitative estimate of drug-likeness (QED) is 0.868. The first-order chi connectivity index (χ1) is 12.7. The minimum absolute atomic E-state index is 0.193. The summed E-state index contributed by atoms with van der Waals surface area (Å²) in [4.78, 5) is 2.45. The van der Waals surface area contributed by atoms with Crippen molar-refractivity contribution >= 4 is 0 Å². The lowest BCUT2D eigenvalue weighted by atomic mass is 9.72. The van der Waals surface area contributed by atoms with Gasteiger partial charge in [-0.15, -0.1) is 0 Å². The summed E-state index contributed by atoms with van der Waals surface area (Å²) in [5.74, 6) is 1.66. The van der Waals surface area contributed by atoms with Crippen molar-refractivity contribution in [3.05, 3.63) is 59.2 Å². The number of nitrogens with two attached hydrogens (primary N) is 1. The van der Waals surface area contributed by atoms with Crippen LogP contribution in [0.3, 0.4) is 0 Å². The minimum atomic E-state index is -0.493. The van der Waals surface area contributed by atoms with E-state index in [0.717, 1.165) is 49.5 Å². The molecule has 0 saturated carbocycles. The first-order valence-corrected chi connectivity index (χ1v) is 9.31. The molecule has 3 N–H and O–H groups in total. The second-order valence-corrected chi connectivity index (χ2v) is 7.68. The zero-order chi connectivity index (χ0) is 17.7. The number of benzene rings is 2. The summed E-state index contributed by atoms with van der Waals surface area (Å²) in [7, 11) is 0. The summed E-state index contributed by atoms with van der Waals surface area (Å²) in [5, 5.41) is 10.9. The Morgan fingerprint density at radius 1 is 1.08 bits per heavy atom. The van der Waals surface area contributed by atoms with E-state index in [1.165, 1.54) is 11.1 Å². The van der Waals surface area contributed by atoms with Gasteiger partial charge in [0.2, 0.25) is 6.79 Å². The van der Waals surface area contributed by atoms with Crippen LogP contribution in [0.1, 0.15) is 35.6 Å². The molecule has 1 saturated heterocycles. The van der Waals surface area contributed by atoms with Crippen LogP contribution in [0.4, 0.5) is 0 Å². The molecule has 2 aromatic carbocycles. The molecule has 26 heavy (non-hydrogen) atoms. The monoisotopic (exact) mass is 352 g/mol. The van der Waals surface area contributed by atoms with Crippen molar-refractivity contribution in [1.29, 1.82) is 0 Å². The Morgan fingerprint density at radius 2 is 1.85 bits per heavy atom. The van der Waals surface area contributed by atoms with Gasteiger partial charge in [-0.2, -0.15) is 0 Å². The zero-order valence-corrected chi connectivity index (χ0v) is 14.7. The predicted molar refractivity (Wildman–Crippen MR) is 98.1 cm³/mol. The average Bonchev–Trinajstić information content (AvgIpc) is 3.22. The normalized spacial score (nSPS) is 26.2. The molecule has 0 amide bonds. The molecule has 5 rings (SSSR count). The Labute approximate surface area is 153 Å². The van der Waals surface area contributed by atoms with E-state index in [0.29, 0.717) is 6.79 Å². The van der Waals surface area contributed by atoms with Crippen molar-refractivity contribution in [3.8, 4) is 11.5 Å². The number of aliphatic hydroxyl groups excluding tert-OH is 1.